The number of nitrogens with zero attached hydrogens (tertiary/aromatic N) is 3. The molecule has 0 atom stereocenters. The summed E-state index contributed by atoms with van der Waals surface area (Å²) in [5.74, 6) is 2.92. The van der Waals surface area contributed by atoms with Gasteiger partial charge in [0.2, 0.25) is 0 Å². The maximum atomic E-state index is 5.49. The van der Waals surface area contributed by atoms with Crippen molar-refractivity contribution in [2.24, 2.45) is 0 Å². The number of ether oxygens (including phenoxy) is 2. The molecule has 0 aliphatic carbocycles. The molecule has 0 saturated heterocycles. The van der Waals surface area contributed by atoms with Crippen LogP contribution in [0, 0.1) is 13.8 Å². The van der Waals surface area contributed by atoms with Crippen LogP contribution in [-0.2, 0) is 5.75 Å². The van der Waals surface area contributed by atoms with Gasteiger partial charge in [0.25, 0.3) is 0 Å². The van der Waals surface area contributed by atoms with Gasteiger partial charge in [-0.1, -0.05) is 59.3 Å². The number of hydrogen-bond donors (Lipinski definition) is 0. The highest BCUT2D eigenvalue weighted by atomic mass is 32.2. The van der Waals surface area contributed by atoms with E-state index in [-0.39, 0.29) is 0 Å². The van der Waals surface area contributed by atoms with Crippen molar-refractivity contribution in [1.82, 2.24) is 14.8 Å². The summed E-state index contributed by atoms with van der Waals surface area (Å²) < 4.78 is 13.0. The van der Waals surface area contributed by atoms with Gasteiger partial charge in [-0.3, -0.25) is 4.57 Å². The molecule has 6 heteroatoms. The Bertz CT molecular complexity index is 1170. The number of hydrogen-bond acceptors (Lipinski definition) is 5. The van der Waals surface area contributed by atoms with Gasteiger partial charge in [-0.05, 0) is 49.7 Å². The van der Waals surface area contributed by atoms with E-state index < -0.39 is 0 Å². The summed E-state index contributed by atoms with van der Waals surface area (Å²) >= 11 is 1.67. The first-order valence-corrected chi connectivity index (χ1v) is 11.0. The zero-order valence-corrected chi connectivity index (χ0v) is 18.9. The van der Waals surface area contributed by atoms with Crippen LogP contribution >= 0.6 is 11.8 Å². The Morgan fingerprint density at radius 1 is 0.774 bits per heavy atom. The molecule has 4 rings (SSSR count). The van der Waals surface area contributed by atoms with Crippen LogP contribution in [0.4, 0.5) is 0 Å². The molecular formula is C25H25N3O2S. The molecule has 0 aliphatic rings. The van der Waals surface area contributed by atoms with Gasteiger partial charge in [0, 0.05) is 17.0 Å². The molecule has 0 amide bonds. The fraction of sp³-hybridized carbons (Fsp3) is 0.200. The van der Waals surface area contributed by atoms with Crippen molar-refractivity contribution in [2.75, 3.05) is 14.2 Å². The maximum Gasteiger partial charge on any atom is 0.196 e. The second kappa shape index (κ2) is 9.27. The summed E-state index contributed by atoms with van der Waals surface area (Å²) in [6.45, 7) is 4.18. The predicted octanol–water partition coefficient (Wildman–Crippen LogP) is 5.86. The third kappa shape index (κ3) is 4.59. The molecule has 1 aromatic heterocycles. The lowest BCUT2D eigenvalue weighted by Crippen LogP contribution is -2.00. The highest BCUT2D eigenvalue weighted by Crippen LogP contribution is 2.35. The van der Waals surface area contributed by atoms with Crippen LogP contribution in [0.5, 0.6) is 11.5 Å². The van der Waals surface area contributed by atoms with Crippen molar-refractivity contribution >= 4 is 11.8 Å². The second-order valence-electron chi connectivity index (χ2n) is 7.32. The Balaban J connectivity index is 1.75. The summed E-state index contributed by atoms with van der Waals surface area (Å²) in [5, 5.41) is 9.91. The molecule has 0 bridgehead atoms. The predicted molar refractivity (Wildman–Crippen MR) is 125 cm³/mol. The van der Waals surface area contributed by atoms with E-state index in [0.29, 0.717) is 11.5 Å². The quantitative estimate of drug-likeness (QED) is 0.343. The number of thioether (sulfide) groups is 1. The molecule has 0 fully saturated rings. The number of aryl methyl sites for hydroxylation is 2. The molecule has 0 spiro atoms. The third-order valence-corrected chi connectivity index (χ3v) is 6.06. The van der Waals surface area contributed by atoms with Gasteiger partial charge < -0.3 is 9.47 Å². The molecule has 0 aliphatic heterocycles. The average Bonchev–Trinajstić information content (AvgIpc) is 3.22. The van der Waals surface area contributed by atoms with Gasteiger partial charge in [0.05, 0.1) is 14.2 Å². The fourth-order valence-corrected chi connectivity index (χ4v) is 4.19. The SMILES string of the molecule is COc1ccc(-c2nnc(SCc3ccc(C)cc3)n2-c2ccc(C)cc2)cc1OC. The van der Waals surface area contributed by atoms with Gasteiger partial charge >= 0.3 is 0 Å². The maximum absolute atomic E-state index is 5.49. The highest BCUT2D eigenvalue weighted by molar-refractivity contribution is 7.98. The minimum atomic E-state index is 0.660. The Hall–Kier alpha value is -3.25. The summed E-state index contributed by atoms with van der Waals surface area (Å²) in [5.41, 5.74) is 5.65. The molecule has 5 nitrogen and oxygen atoms in total. The first-order valence-electron chi connectivity index (χ1n) is 10.0. The van der Waals surface area contributed by atoms with Gasteiger partial charge in [-0.2, -0.15) is 0 Å². The first kappa shape index (κ1) is 21.0. The van der Waals surface area contributed by atoms with E-state index in [1.807, 2.05) is 18.2 Å². The zero-order valence-electron chi connectivity index (χ0n) is 18.1. The molecule has 0 radical (unpaired) electrons. The zero-order chi connectivity index (χ0) is 21.8. The van der Waals surface area contributed by atoms with Gasteiger partial charge in [-0.15, -0.1) is 10.2 Å². The molecule has 31 heavy (non-hydrogen) atoms. The van der Waals surface area contributed by atoms with Crippen molar-refractivity contribution < 1.29 is 9.47 Å². The molecule has 3 aromatic carbocycles. The van der Waals surface area contributed by atoms with E-state index in [2.05, 4.69) is 77.1 Å². The van der Waals surface area contributed by atoms with E-state index in [1.54, 1.807) is 26.0 Å². The molecule has 0 N–H and O–H groups in total. The summed E-state index contributed by atoms with van der Waals surface area (Å²) in [6.07, 6.45) is 0. The van der Waals surface area contributed by atoms with Crippen LogP contribution < -0.4 is 9.47 Å². The Labute approximate surface area is 187 Å². The third-order valence-electron chi connectivity index (χ3n) is 5.06. The molecule has 0 saturated carbocycles. The highest BCUT2D eigenvalue weighted by Gasteiger charge is 2.18. The molecule has 158 valence electrons. The minimum absolute atomic E-state index is 0.660. The van der Waals surface area contributed by atoms with Crippen LogP contribution in [0.25, 0.3) is 17.1 Å². The van der Waals surface area contributed by atoms with Gasteiger partial charge in [-0.25, -0.2) is 0 Å². The standard InChI is InChI=1S/C25H25N3O2S/c1-17-5-9-19(10-6-17)16-31-25-27-26-24(28(25)21-12-7-18(2)8-13-21)20-11-14-22(29-3)23(15-20)30-4/h5-15H,16H2,1-4H3. The van der Waals surface area contributed by atoms with Crippen molar-refractivity contribution in [3.05, 3.63) is 83.4 Å². The second-order valence-corrected chi connectivity index (χ2v) is 8.26. The number of rotatable bonds is 7. The van der Waals surface area contributed by atoms with Crippen molar-refractivity contribution in [2.45, 2.75) is 24.8 Å². The number of benzene rings is 3. The van der Waals surface area contributed by atoms with Crippen LogP contribution in [0.1, 0.15) is 16.7 Å². The summed E-state index contributed by atoms with van der Waals surface area (Å²) in [7, 11) is 3.27. The van der Waals surface area contributed by atoms with Crippen molar-refractivity contribution in [1.29, 1.82) is 0 Å². The van der Waals surface area contributed by atoms with Crippen LogP contribution in [0.2, 0.25) is 0 Å². The van der Waals surface area contributed by atoms with Crippen LogP contribution in [0.15, 0.2) is 71.9 Å². The smallest absolute Gasteiger partial charge is 0.196 e. The first-order chi connectivity index (χ1) is 15.1. The lowest BCUT2D eigenvalue weighted by molar-refractivity contribution is 0.355. The van der Waals surface area contributed by atoms with E-state index in [1.165, 1.54) is 16.7 Å². The van der Waals surface area contributed by atoms with E-state index in [9.17, 15) is 0 Å². The summed E-state index contributed by atoms with van der Waals surface area (Å²) in [6, 6.07) is 22.8. The van der Waals surface area contributed by atoms with E-state index in [4.69, 9.17) is 9.47 Å². The average molecular weight is 432 g/mol. The topological polar surface area (TPSA) is 49.2 Å². The fourth-order valence-electron chi connectivity index (χ4n) is 3.28. The Morgan fingerprint density at radius 2 is 1.42 bits per heavy atom. The molecular weight excluding hydrogens is 406 g/mol. The Morgan fingerprint density at radius 3 is 2.06 bits per heavy atom. The van der Waals surface area contributed by atoms with E-state index >= 15 is 0 Å². The molecule has 0 unspecified atom stereocenters. The largest absolute Gasteiger partial charge is 0.493 e. The van der Waals surface area contributed by atoms with E-state index in [0.717, 1.165) is 28.0 Å². The van der Waals surface area contributed by atoms with Crippen LogP contribution in [-0.4, -0.2) is 29.0 Å². The lowest BCUT2D eigenvalue weighted by Gasteiger charge is -2.13. The normalized spacial score (nSPS) is 10.8. The minimum Gasteiger partial charge on any atom is -0.493 e. The van der Waals surface area contributed by atoms with Gasteiger partial charge in [0.15, 0.2) is 22.5 Å². The van der Waals surface area contributed by atoms with Crippen LogP contribution in [0.3, 0.4) is 0 Å². The lowest BCUT2D eigenvalue weighted by atomic mass is 10.1. The van der Waals surface area contributed by atoms with Crippen molar-refractivity contribution in [3.8, 4) is 28.6 Å². The number of methoxy groups -OCH3 is 2. The molecule has 1 heterocycles. The monoisotopic (exact) mass is 431 g/mol. The van der Waals surface area contributed by atoms with Gasteiger partial charge in [0.1, 0.15) is 0 Å². The summed E-state index contributed by atoms with van der Waals surface area (Å²) in [4.78, 5) is 0. The molecule has 4 aromatic rings. The number of aromatic nitrogens is 3. The Kier molecular flexibility index (Phi) is 6.28. The van der Waals surface area contributed by atoms with Crippen molar-refractivity contribution in [3.63, 3.8) is 0 Å².